The summed E-state index contributed by atoms with van der Waals surface area (Å²) in [5, 5.41) is 3.65. The number of hydrogen-bond donors (Lipinski definition) is 1. The Morgan fingerprint density at radius 1 is 1.35 bits per heavy atom. The van der Waals surface area contributed by atoms with Crippen LogP contribution in [0.3, 0.4) is 0 Å². The minimum Gasteiger partial charge on any atom is -0.457 e. The van der Waals surface area contributed by atoms with Gasteiger partial charge in [-0.05, 0) is 64.8 Å². The van der Waals surface area contributed by atoms with Crippen molar-refractivity contribution in [3.8, 4) is 0 Å². The zero-order valence-electron chi connectivity index (χ0n) is 11.7. The summed E-state index contributed by atoms with van der Waals surface area (Å²) >= 11 is 3.51. The van der Waals surface area contributed by atoms with Crippen molar-refractivity contribution < 1.29 is 4.42 Å². The van der Waals surface area contributed by atoms with Gasteiger partial charge in [0.1, 0.15) is 0 Å². The maximum Gasteiger partial charge on any atom is 0.173 e. The highest BCUT2D eigenvalue weighted by Crippen LogP contribution is 2.41. The van der Waals surface area contributed by atoms with E-state index < -0.39 is 0 Å². The SMILES string of the molecule is CCCNC(CC1Cc2ccccc21)c1ccoc1Br. The van der Waals surface area contributed by atoms with Gasteiger partial charge in [0.05, 0.1) is 6.26 Å². The quantitative estimate of drug-likeness (QED) is 0.820. The van der Waals surface area contributed by atoms with Gasteiger partial charge in [0.25, 0.3) is 0 Å². The van der Waals surface area contributed by atoms with Crippen LogP contribution in [0, 0.1) is 0 Å². The number of halogens is 1. The van der Waals surface area contributed by atoms with Crippen LogP contribution in [-0.2, 0) is 6.42 Å². The lowest BCUT2D eigenvalue weighted by Crippen LogP contribution is -2.27. The lowest BCUT2D eigenvalue weighted by molar-refractivity contribution is 0.421. The molecule has 2 atom stereocenters. The van der Waals surface area contributed by atoms with Crippen LogP contribution >= 0.6 is 15.9 Å². The average molecular weight is 334 g/mol. The number of benzene rings is 1. The highest BCUT2D eigenvalue weighted by atomic mass is 79.9. The first kappa shape index (κ1) is 13.9. The lowest BCUT2D eigenvalue weighted by Gasteiger charge is -2.33. The molecule has 0 aliphatic heterocycles. The fourth-order valence-electron chi connectivity index (χ4n) is 3.05. The summed E-state index contributed by atoms with van der Waals surface area (Å²) in [5.74, 6) is 0.669. The molecule has 1 aliphatic carbocycles. The van der Waals surface area contributed by atoms with Gasteiger partial charge < -0.3 is 9.73 Å². The number of nitrogens with one attached hydrogen (secondary N) is 1. The van der Waals surface area contributed by atoms with E-state index >= 15 is 0 Å². The molecule has 1 aromatic carbocycles. The molecule has 0 bridgehead atoms. The Morgan fingerprint density at radius 3 is 2.90 bits per heavy atom. The van der Waals surface area contributed by atoms with Crippen LogP contribution in [0.2, 0.25) is 0 Å². The van der Waals surface area contributed by atoms with E-state index in [1.165, 1.54) is 23.1 Å². The van der Waals surface area contributed by atoms with E-state index in [4.69, 9.17) is 4.42 Å². The Kier molecular flexibility index (Phi) is 4.27. The maximum atomic E-state index is 5.40. The van der Waals surface area contributed by atoms with Gasteiger partial charge in [0.15, 0.2) is 4.67 Å². The van der Waals surface area contributed by atoms with Crippen LogP contribution in [0.15, 0.2) is 45.7 Å². The van der Waals surface area contributed by atoms with Crippen LogP contribution < -0.4 is 5.32 Å². The van der Waals surface area contributed by atoms with Crippen LogP contribution in [-0.4, -0.2) is 6.54 Å². The van der Waals surface area contributed by atoms with Gasteiger partial charge in [-0.3, -0.25) is 0 Å². The predicted octanol–water partition coefficient (Wildman–Crippen LogP) is 4.81. The summed E-state index contributed by atoms with van der Waals surface area (Å²) in [6, 6.07) is 11.2. The van der Waals surface area contributed by atoms with Crippen molar-refractivity contribution in [3.05, 3.63) is 58.0 Å². The molecule has 0 saturated heterocycles. The molecule has 2 unspecified atom stereocenters. The van der Waals surface area contributed by atoms with Gasteiger partial charge in [0.2, 0.25) is 0 Å². The standard InChI is InChI=1S/C17H20BrNO/c1-2-8-19-16(15-7-9-20-17(15)18)11-13-10-12-5-3-4-6-14(12)13/h3-7,9,13,16,19H,2,8,10-11H2,1H3. The third-order valence-electron chi connectivity index (χ3n) is 4.14. The maximum absolute atomic E-state index is 5.40. The van der Waals surface area contributed by atoms with Gasteiger partial charge in [-0.1, -0.05) is 31.2 Å². The second kappa shape index (κ2) is 6.15. The van der Waals surface area contributed by atoms with E-state index in [1.54, 1.807) is 6.26 Å². The minimum atomic E-state index is 0.362. The molecule has 20 heavy (non-hydrogen) atoms. The summed E-state index contributed by atoms with van der Waals surface area (Å²) in [5.41, 5.74) is 4.27. The molecule has 106 valence electrons. The average Bonchev–Trinajstić information content (AvgIpc) is 2.86. The van der Waals surface area contributed by atoms with Crippen LogP contribution in [0.4, 0.5) is 0 Å². The van der Waals surface area contributed by atoms with Gasteiger partial charge >= 0.3 is 0 Å². The molecular weight excluding hydrogens is 314 g/mol. The zero-order chi connectivity index (χ0) is 13.9. The first-order valence-electron chi connectivity index (χ1n) is 7.33. The molecule has 2 aromatic rings. The van der Waals surface area contributed by atoms with Crippen LogP contribution in [0.5, 0.6) is 0 Å². The normalized spacial score (nSPS) is 18.4. The largest absolute Gasteiger partial charge is 0.457 e. The molecule has 0 saturated carbocycles. The molecule has 0 fully saturated rings. The molecule has 1 aromatic heterocycles. The second-order valence-electron chi connectivity index (χ2n) is 5.49. The number of fused-ring (bicyclic) bond motifs is 1. The van der Waals surface area contributed by atoms with Gasteiger partial charge in [0, 0.05) is 11.6 Å². The van der Waals surface area contributed by atoms with E-state index in [0.717, 1.165) is 24.1 Å². The molecule has 0 radical (unpaired) electrons. The number of rotatable bonds is 6. The Labute approximate surface area is 128 Å². The predicted molar refractivity (Wildman–Crippen MR) is 84.9 cm³/mol. The molecular formula is C17H20BrNO. The fourth-order valence-corrected chi connectivity index (χ4v) is 3.57. The molecule has 0 spiro atoms. The summed E-state index contributed by atoms with van der Waals surface area (Å²) in [4.78, 5) is 0. The first-order valence-corrected chi connectivity index (χ1v) is 8.13. The van der Waals surface area contributed by atoms with Crippen molar-refractivity contribution in [2.75, 3.05) is 6.54 Å². The summed E-state index contributed by atoms with van der Waals surface area (Å²) in [6.07, 6.45) is 5.24. The molecule has 3 heteroatoms. The van der Waals surface area contributed by atoms with Crippen molar-refractivity contribution in [1.29, 1.82) is 0 Å². The summed E-state index contributed by atoms with van der Waals surface area (Å²) in [7, 11) is 0. The Balaban J connectivity index is 1.73. The van der Waals surface area contributed by atoms with Crippen molar-refractivity contribution in [1.82, 2.24) is 5.32 Å². The Bertz CT molecular complexity index is 578. The molecule has 2 nitrogen and oxygen atoms in total. The van der Waals surface area contributed by atoms with Crippen LogP contribution in [0.1, 0.15) is 48.4 Å². The minimum absolute atomic E-state index is 0.362. The monoisotopic (exact) mass is 333 g/mol. The van der Waals surface area contributed by atoms with E-state index in [1.807, 2.05) is 0 Å². The van der Waals surface area contributed by atoms with E-state index in [9.17, 15) is 0 Å². The fraction of sp³-hybridized carbons (Fsp3) is 0.412. The van der Waals surface area contributed by atoms with Crippen molar-refractivity contribution in [3.63, 3.8) is 0 Å². The molecule has 0 amide bonds. The topological polar surface area (TPSA) is 25.2 Å². The van der Waals surface area contributed by atoms with Crippen molar-refractivity contribution in [2.24, 2.45) is 0 Å². The van der Waals surface area contributed by atoms with E-state index in [2.05, 4.69) is 58.5 Å². The Hall–Kier alpha value is -1.06. The number of furan rings is 1. The summed E-state index contributed by atoms with van der Waals surface area (Å²) < 4.78 is 6.26. The van der Waals surface area contributed by atoms with Crippen molar-refractivity contribution >= 4 is 15.9 Å². The smallest absolute Gasteiger partial charge is 0.173 e. The molecule has 3 rings (SSSR count). The molecule has 1 heterocycles. The number of hydrogen-bond acceptors (Lipinski definition) is 2. The van der Waals surface area contributed by atoms with Gasteiger partial charge in [-0.2, -0.15) is 0 Å². The second-order valence-corrected chi connectivity index (χ2v) is 6.21. The van der Waals surface area contributed by atoms with Crippen molar-refractivity contribution in [2.45, 2.75) is 38.1 Å². The highest BCUT2D eigenvalue weighted by molar-refractivity contribution is 9.10. The highest BCUT2D eigenvalue weighted by Gasteiger charge is 2.29. The van der Waals surface area contributed by atoms with Gasteiger partial charge in [-0.25, -0.2) is 0 Å². The lowest BCUT2D eigenvalue weighted by atomic mass is 9.74. The van der Waals surface area contributed by atoms with Gasteiger partial charge in [-0.15, -0.1) is 0 Å². The third-order valence-corrected chi connectivity index (χ3v) is 4.79. The summed E-state index contributed by atoms with van der Waals surface area (Å²) in [6.45, 7) is 3.24. The Morgan fingerprint density at radius 2 is 2.20 bits per heavy atom. The molecule has 1 aliphatic rings. The van der Waals surface area contributed by atoms with E-state index in [0.29, 0.717) is 12.0 Å². The first-order chi connectivity index (χ1) is 9.79. The van der Waals surface area contributed by atoms with Crippen LogP contribution in [0.25, 0.3) is 0 Å². The molecule has 1 N–H and O–H groups in total. The van der Waals surface area contributed by atoms with E-state index in [-0.39, 0.29) is 0 Å². The zero-order valence-corrected chi connectivity index (χ0v) is 13.3. The third kappa shape index (κ3) is 2.70.